The fourth-order valence-corrected chi connectivity index (χ4v) is 2.85. The van der Waals surface area contributed by atoms with E-state index in [9.17, 15) is 5.11 Å². The molecule has 18 heavy (non-hydrogen) atoms. The quantitative estimate of drug-likeness (QED) is 0.866. The maximum atomic E-state index is 10.1. The lowest BCUT2D eigenvalue weighted by atomic mass is 10.0. The Morgan fingerprint density at radius 2 is 1.94 bits per heavy atom. The second-order valence-corrected chi connectivity index (χ2v) is 5.53. The zero-order chi connectivity index (χ0) is 13.0. The van der Waals surface area contributed by atoms with Gasteiger partial charge in [-0.3, -0.25) is 0 Å². The second-order valence-electron chi connectivity index (χ2n) is 4.53. The van der Waals surface area contributed by atoms with E-state index in [0.717, 1.165) is 17.7 Å². The van der Waals surface area contributed by atoms with Crippen molar-refractivity contribution < 1.29 is 5.11 Å². The van der Waals surface area contributed by atoms with Gasteiger partial charge in [-0.25, -0.2) is 0 Å². The average Bonchev–Trinajstić information content (AvgIpc) is 2.75. The van der Waals surface area contributed by atoms with Crippen molar-refractivity contribution in [2.45, 2.75) is 26.5 Å². The minimum Gasteiger partial charge on any atom is -0.387 e. The first-order chi connectivity index (χ1) is 8.68. The van der Waals surface area contributed by atoms with Gasteiger partial charge in [0.15, 0.2) is 0 Å². The second kappa shape index (κ2) is 6.14. The van der Waals surface area contributed by atoms with Crippen LogP contribution in [0.25, 0.3) is 0 Å². The van der Waals surface area contributed by atoms with E-state index in [1.54, 1.807) is 11.3 Å². The monoisotopic (exact) mass is 261 g/mol. The van der Waals surface area contributed by atoms with Crippen LogP contribution in [0.1, 0.15) is 27.7 Å². The molecule has 0 fully saturated rings. The molecule has 0 aliphatic carbocycles. The van der Waals surface area contributed by atoms with Crippen LogP contribution in [0.15, 0.2) is 35.7 Å². The van der Waals surface area contributed by atoms with E-state index in [1.165, 1.54) is 10.4 Å². The smallest absolute Gasteiger partial charge is 0.0917 e. The Morgan fingerprint density at radius 3 is 2.61 bits per heavy atom. The molecular weight excluding hydrogens is 242 g/mol. The van der Waals surface area contributed by atoms with Crippen LogP contribution in [0.3, 0.4) is 0 Å². The lowest BCUT2D eigenvalue weighted by Crippen LogP contribution is -2.21. The van der Waals surface area contributed by atoms with Crippen molar-refractivity contribution in [1.82, 2.24) is 5.32 Å². The molecule has 1 aromatic heterocycles. The van der Waals surface area contributed by atoms with E-state index in [4.69, 9.17) is 0 Å². The Balaban J connectivity index is 1.87. The standard InChI is InChI=1S/C15H19NOS/c1-11-5-3-4-6-13(11)14(17)9-16-10-15-12(2)7-8-18-15/h3-8,14,16-17H,9-10H2,1-2H3. The van der Waals surface area contributed by atoms with Crippen LogP contribution in [0.4, 0.5) is 0 Å². The zero-order valence-corrected chi connectivity index (χ0v) is 11.6. The third kappa shape index (κ3) is 3.19. The molecule has 1 unspecified atom stereocenters. The number of nitrogens with one attached hydrogen (secondary N) is 1. The molecule has 0 spiro atoms. The summed E-state index contributed by atoms with van der Waals surface area (Å²) in [6.45, 7) is 5.56. The molecule has 96 valence electrons. The van der Waals surface area contributed by atoms with Gasteiger partial charge in [0, 0.05) is 18.0 Å². The normalized spacial score (nSPS) is 12.6. The van der Waals surface area contributed by atoms with E-state index in [0.29, 0.717) is 6.54 Å². The molecule has 2 aromatic rings. The number of rotatable bonds is 5. The van der Waals surface area contributed by atoms with Gasteiger partial charge in [-0.05, 0) is 42.0 Å². The molecule has 0 radical (unpaired) electrons. The Morgan fingerprint density at radius 1 is 1.17 bits per heavy atom. The van der Waals surface area contributed by atoms with Gasteiger partial charge in [0.25, 0.3) is 0 Å². The number of aliphatic hydroxyl groups is 1. The Bertz CT molecular complexity index is 507. The zero-order valence-electron chi connectivity index (χ0n) is 10.8. The SMILES string of the molecule is Cc1ccccc1C(O)CNCc1sccc1C. The van der Waals surface area contributed by atoms with Crippen molar-refractivity contribution in [2.24, 2.45) is 0 Å². The number of benzene rings is 1. The maximum absolute atomic E-state index is 10.1. The van der Waals surface area contributed by atoms with Crippen LogP contribution in [-0.2, 0) is 6.54 Å². The number of aryl methyl sites for hydroxylation is 2. The highest BCUT2D eigenvalue weighted by atomic mass is 32.1. The molecule has 0 aliphatic rings. The van der Waals surface area contributed by atoms with Crippen LogP contribution >= 0.6 is 11.3 Å². The van der Waals surface area contributed by atoms with E-state index in [-0.39, 0.29) is 0 Å². The first-order valence-electron chi connectivity index (χ1n) is 6.15. The van der Waals surface area contributed by atoms with Gasteiger partial charge in [0.2, 0.25) is 0 Å². The highest BCUT2D eigenvalue weighted by molar-refractivity contribution is 7.10. The molecule has 3 heteroatoms. The fourth-order valence-electron chi connectivity index (χ4n) is 1.98. The van der Waals surface area contributed by atoms with Crippen LogP contribution in [-0.4, -0.2) is 11.7 Å². The maximum Gasteiger partial charge on any atom is 0.0917 e. The van der Waals surface area contributed by atoms with Gasteiger partial charge in [0.05, 0.1) is 6.10 Å². The summed E-state index contributed by atoms with van der Waals surface area (Å²) in [4.78, 5) is 1.34. The minimum atomic E-state index is -0.438. The predicted molar refractivity (Wildman–Crippen MR) is 76.9 cm³/mol. The molecule has 0 aliphatic heterocycles. The lowest BCUT2D eigenvalue weighted by molar-refractivity contribution is 0.174. The van der Waals surface area contributed by atoms with Crippen molar-refractivity contribution in [3.63, 3.8) is 0 Å². The van der Waals surface area contributed by atoms with Gasteiger partial charge in [0.1, 0.15) is 0 Å². The summed E-state index contributed by atoms with van der Waals surface area (Å²) in [5.41, 5.74) is 3.46. The summed E-state index contributed by atoms with van der Waals surface area (Å²) in [7, 11) is 0. The van der Waals surface area contributed by atoms with Crippen LogP contribution in [0.2, 0.25) is 0 Å². The van der Waals surface area contributed by atoms with Crippen LogP contribution < -0.4 is 5.32 Å². The molecule has 0 saturated heterocycles. The lowest BCUT2D eigenvalue weighted by Gasteiger charge is -2.14. The Hall–Kier alpha value is -1.16. The van der Waals surface area contributed by atoms with Crippen LogP contribution in [0, 0.1) is 13.8 Å². The average molecular weight is 261 g/mol. The van der Waals surface area contributed by atoms with Gasteiger partial charge in [-0.2, -0.15) is 0 Å². The van der Waals surface area contributed by atoms with Crippen molar-refractivity contribution in [2.75, 3.05) is 6.54 Å². The van der Waals surface area contributed by atoms with Crippen molar-refractivity contribution in [1.29, 1.82) is 0 Å². The van der Waals surface area contributed by atoms with E-state index in [2.05, 4.69) is 23.7 Å². The third-order valence-corrected chi connectivity index (χ3v) is 4.16. The first kappa shape index (κ1) is 13.3. The summed E-state index contributed by atoms with van der Waals surface area (Å²) in [6.07, 6.45) is -0.438. The third-order valence-electron chi connectivity index (χ3n) is 3.14. The molecule has 2 N–H and O–H groups in total. The molecule has 1 heterocycles. The van der Waals surface area contributed by atoms with Gasteiger partial charge in [-0.1, -0.05) is 24.3 Å². The highest BCUT2D eigenvalue weighted by Gasteiger charge is 2.09. The Kier molecular flexibility index (Phi) is 4.53. The number of hydrogen-bond donors (Lipinski definition) is 2. The summed E-state index contributed by atoms with van der Waals surface area (Å²) in [5, 5.41) is 15.6. The molecule has 1 atom stereocenters. The summed E-state index contributed by atoms with van der Waals surface area (Å²) < 4.78 is 0. The first-order valence-corrected chi connectivity index (χ1v) is 7.03. The van der Waals surface area contributed by atoms with Gasteiger partial charge < -0.3 is 10.4 Å². The predicted octanol–water partition coefficient (Wildman–Crippen LogP) is 3.19. The molecule has 2 nitrogen and oxygen atoms in total. The molecule has 2 rings (SSSR count). The molecule has 0 saturated carbocycles. The van der Waals surface area contributed by atoms with E-state index >= 15 is 0 Å². The molecular formula is C15H19NOS. The van der Waals surface area contributed by atoms with E-state index in [1.807, 2.05) is 31.2 Å². The van der Waals surface area contributed by atoms with Gasteiger partial charge in [-0.15, -0.1) is 11.3 Å². The topological polar surface area (TPSA) is 32.3 Å². The van der Waals surface area contributed by atoms with Gasteiger partial charge >= 0.3 is 0 Å². The fraction of sp³-hybridized carbons (Fsp3) is 0.333. The molecule has 0 amide bonds. The van der Waals surface area contributed by atoms with Crippen molar-refractivity contribution in [3.05, 3.63) is 57.3 Å². The largest absolute Gasteiger partial charge is 0.387 e. The highest BCUT2D eigenvalue weighted by Crippen LogP contribution is 2.18. The molecule has 1 aromatic carbocycles. The van der Waals surface area contributed by atoms with Crippen LogP contribution in [0.5, 0.6) is 0 Å². The summed E-state index contributed by atoms with van der Waals surface area (Å²) in [5.74, 6) is 0. The summed E-state index contributed by atoms with van der Waals surface area (Å²) in [6, 6.07) is 10.1. The minimum absolute atomic E-state index is 0.438. The summed E-state index contributed by atoms with van der Waals surface area (Å²) >= 11 is 1.76. The molecule has 0 bridgehead atoms. The number of thiophene rings is 1. The Labute approximate surface area is 112 Å². The number of hydrogen-bond acceptors (Lipinski definition) is 3. The van der Waals surface area contributed by atoms with Crippen molar-refractivity contribution in [3.8, 4) is 0 Å². The van der Waals surface area contributed by atoms with Crippen molar-refractivity contribution >= 4 is 11.3 Å². The van der Waals surface area contributed by atoms with E-state index < -0.39 is 6.10 Å². The number of aliphatic hydroxyl groups excluding tert-OH is 1.